The summed E-state index contributed by atoms with van der Waals surface area (Å²) in [6.07, 6.45) is 5.05. The summed E-state index contributed by atoms with van der Waals surface area (Å²) in [4.78, 5) is 4.26. The number of aromatic nitrogens is 1. The van der Waals surface area contributed by atoms with Gasteiger partial charge in [0.1, 0.15) is 5.76 Å². The Hall–Kier alpha value is -1.32. The molecule has 0 unspecified atom stereocenters. The molecule has 0 bridgehead atoms. The van der Waals surface area contributed by atoms with Crippen molar-refractivity contribution in [3.63, 3.8) is 0 Å². The zero-order valence-corrected chi connectivity index (χ0v) is 12.4. The van der Waals surface area contributed by atoms with Gasteiger partial charge in [0.15, 0.2) is 0 Å². The Labute approximate surface area is 124 Å². The van der Waals surface area contributed by atoms with Gasteiger partial charge in [0.2, 0.25) is 5.89 Å². The van der Waals surface area contributed by atoms with E-state index in [-0.39, 0.29) is 0 Å². The highest BCUT2D eigenvalue weighted by Crippen LogP contribution is 2.37. The van der Waals surface area contributed by atoms with Crippen molar-refractivity contribution in [2.45, 2.75) is 44.7 Å². The van der Waals surface area contributed by atoms with Crippen molar-refractivity contribution in [1.82, 2.24) is 10.3 Å². The average molecular weight is 291 g/mol. The van der Waals surface area contributed by atoms with Crippen LogP contribution in [0.5, 0.6) is 0 Å². The number of hydrogen-bond acceptors (Lipinski definition) is 3. The van der Waals surface area contributed by atoms with E-state index < -0.39 is 0 Å². The second-order valence-electron chi connectivity index (χ2n) is 5.37. The largest absolute Gasteiger partial charge is 0.444 e. The highest BCUT2D eigenvalue weighted by molar-refractivity contribution is 6.30. The summed E-state index contributed by atoms with van der Waals surface area (Å²) in [5, 5.41) is 4.31. The molecule has 0 aliphatic heterocycles. The van der Waals surface area contributed by atoms with Gasteiger partial charge in [-0.15, -0.1) is 0 Å². The van der Waals surface area contributed by atoms with E-state index in [1.54, 1.807) is 0 Å². The van der Waals surface area contributed by atoms with Gasteiger partial charge in [0.05, 0.1) is 12.7 Å². The molecule has 1 aromatic heterocycles. The van der Waals surface area contributed by atoms with Gasteiger partial charge in [-0.25, -0.2) is 4.98 Å². The van der Waals surface area contributed by atoms with E-state index in [2.05, 4.69) is 29.4 Å². The van der Waals surface area contributed by atoms with Gasteiger partial charge in [-0.05, 0) is 36.5 Å². The number of nitrogens with zero attached hydrogens (tertiary/aromatic N) is 1. The molecule has 3 rings (SSSR count). The molecule has 1 aromatic carbocycles. The molecular formula is C16H19ClN2O. The molecule has 0 radical (unpaired) electrons. The van der Waals surface area contributed by atoms with E-state index in [0.29, 0.717) is 12.0 Å². The Kier molecular flexibility index (Phi) is 4.08. The zero-order valence-electron chi connectivity index (χ0n) is 11.6. The quantitative estimate of drug-likeness (QED) is 0.907. The number of oxazole rings is 1. The van der Waals surface area contributed by atoms with E-state index in [9.17, 15) is 0 Å². The number of nitrogens with one attached hydrogen (secondary N) is 1. The third-order valence-electron chi connectivity index (χ3n) is 3.97. The lowest BCUT2D eigenvalue weighted by Gasteiger charge is -2.36. The molecule has 0 spiro atoms. The topological polar surface area (TPSA) is 38.1 Å². The fraction of sp³-hybridized carbons (Fsp3) is 0.438. The first-order valence-electron chi connectivity index (χ1n) is 7.17. The van der Waals surface area contributed by atoms with Gasteiger partial charge in [-0.2, -0.15) is 0 Å². The summed E-state index contributed by atoms with van der Waals surface area (Å²) < 4.78 is 5.59. The molecule has 20 heavy (non-hydrogen) atoms. The van der Waals surface area contributed by atoms with Crippen LogP contribution in [0.25, 0.3) is 0 Å². The lowest BCUT2D eigenvalue weighted by molar-refractivity contribution is 0.278. The van der Waals surface area contributed by atoms with Crippen LogP contribution in [-0.4, -0.2) is 11.0 Å². The van der Waals surface area contributed by atoms with Crippen molar-refractivity contribution in [3.05, 3.63) is 52.7 Å². The van der Waals surface area contributed by atoms with Gasteiger partial charge in [0.25, 0.3) is 0 Å². The van der Waals surface area contributed by atoms with Crippen molar-refractivity contribution in [2.75, 3.05) is 0 Å². The third kappa shape index (κ3) is 3.05. The minimum Gasteiger partial charge on any atom is -0.444 e. The number of hydrogen-bond donors (Lipinski definition) is 1. The maximum Gasteiger partial charge on any atom is 0.208 e. The minimum atomic E-state index is 0.563. The van der Waals surface area contributed by atoms with E-state index >= 15 is 0 Å². The summed E-state index contributed by atoms with van der Waals surface area (Å²) in [6.45, 7) is 2.79. The van der Waals surface area contributed by atoms with Crippen molar-refractivity contribution in [3.8, 4) is 0 Å². The third-order valence-corrected chi connectivity index (χ3v) is 4.22. The summed E-state index contributed by atoms with van der Waals surface area (Å²) in [5.41, 5.74) is 1.39. The SMILES string of the molecule is CCc1cnc(CNC2CC(c3ccc(Cl)cc3)C2)o1. The predicted octanol–water partition coefficient (Wildman–Crippen LogP) is 3.93. The van der Waals surface area contributed by atoms with Gasteiger partial charge >= 0.3 is 0 Å². The van der Waals surface area contributed by atoms with Crippen LogP contribution in [0, 0.1) is 0 Å². The highest BCUT2D eigenvalue weighted by atomic mass is 35.5. The molecule has 0 atom stereocenters. The van der Waals surface area contributed by atoms with Crippen LogP contribution in [0.2, 0.25) is 5.02 Å². The van der Waals surface area contributed by atoms with Crippen molar-refractivity contribution in [2.24, 2.45) is 0 Å². The van der Waals surface area contributed by atoms with Gasteiger partial charge in [0, 0.05) is 17.5 Å². The van der Waals surface area contributed by atoms with Crippen LogP contribution < -0.4 is 5.32 Å². The first-order valence-corrected chi connectivity index (χ1v) is 7.55. The van der Waals surface area contributed by atoms with Crippen LogP contribution in [0.4, 0.5) is 0 Å². The highest BCUT2D eigenvalue weighted by Gasteiger charge is 2.29. The van der Waals surface area contributed by atoms with E-state index in [0.717, 1.165) is 29.6 Å². The molecule has 2 aromatic rings. The Balaban J connectivity index is 1.45. The maximum absolute atomic E-state index is 5.91. The zero-order chi connectivity index (χ0) is 13.9. The number of aryl methyl sites for hydroxylation is 1. The summed E-state index contributed by atoms with van der Waals surface area (Å²) in [5.74, 6) is 2.40. The molecule has 0 saturated heterocycles. The maximum atomic E-state index is 5.91. The van der Waals surface area contributed by atoms with Crippen molar-refractivity contribution < 1.29 is 4.42 Å². The molecule has 1 heterocycles. The number of rotatable bonds is 5. The van der Waals surface area contributed by atoms with Crippen molar-refractivity contribution in [1.29, 1.82) is 0 Å². The molecule has 1 aliphatic carbocycles. The van der Waals surface area contributed by atoms with Gasteiger partial charge in [-0.3, -0.25) is 0 Å². The number of benzene rings is 1. The Morgan fingerprint density at radius 3 is 2.70 bits per heavy atom. The standard InChI is InChI=1S/C16H19ClN2O/c1-2-15-9-19-16(20-15)10-18-14-7-12(8-14)11-3-5-13(17)6-4-11/h3-6,9,12,14,18H,2,7-8,10H2,1H3. The van der Waals surface area contributed by atoms with E-state index in [1.165, 1.54) is 18.4 Å². The monoisotopic (exact) mass is 290 g/mol. The molecule has 4 heteroatoms. The summed E-state index contributed by atoms with van der Waals surface area (Å²) >= 11 is 5.91. The van der Waals surface area contributed by atoms with Crippen LogP contribution >= 0.6 is 11.6 Å². The van der Waals surface area contributed by atoms with Gasteiger partial charge in [-0.1, -0.05) is 30.7 Å². The lowest BCUT2D eigenvalue weighted by Crippen LogP contribution is -2.39. The fourth-order valence-electron chi connectivity index (χ4n) is 2.62. The van der Waals surface area contributed by atoms with Crippen LogP contribution in [0.3, 0.4) is 0 Å². The molecule has 1 fully saturated rings. The Morgan fingerprint density at radius 2 is 2.05 bits per heavy atom. The number of halogens is 1. The smallest absolute Gasteiger partial charge is 0.208 e. The normalized spacial score (nSPS) is 21.7. The lowest BCUT2D eigenvalue weighted by atomic mass is 9.76. The molecule has 1 N–H and O–H groups in total. The molecule has 3 nitrogen and oxygen atoms in total. The molecule has 1 aliphatic rings. The van der Waals surface area contributed by atoms with Gasteiger partial charge < -0.3 is 9.73 Å². The first-order chi connectivity index (χ1) is 9.74. The second kappa shape index (κ2) is 5.98. The Bertz CT molecular complexity index is 558. The predicted molar refractivity (Wildman–Crippen MR) is 79.9 cm³/mol. The van der Waals surface area contributed by atoms with E-state index in [1.807, 2.05) is 18.3 Å². The summed E-state index contributed by atoms with van der Waals surface area (Å²) in [7, 11) is 0. The minimum absolute atomic E-state index is 0.563. The molecular weight excluding hydrogens is 272 g/mol. The van der Waals surface area contributed by atoms with Crippen LogP contribution in [-0.2, 0) is 13.0 Å². The molecule has 1 saturated carbocycles. The van der Waals surface area contributed by atoms with Crippen molar-refractivity contribution >= 4 is 11.6 Å². The van der Waals surface area contributed by atoms with Crippen LogP contribution in [0.1, 0.15) is 42.9 Å². The fourth-order valence-corrected chi connectivity index (χ4v) is 2.74. The molecule has 0 amide bonds. The summed E-state index contributed by atoms with van der Waals surface area (Å²) in [6, 6.07) is 8.76. The average Bonchev–Trinajstić information content (AvgIpc) is 2.87. The second-order valence-corrected chi connectivity index (χ2v) is 5.81. The van der Waals surface area contributed by atoms with Crippen LogP contribution in [0.15, 0.2) is 34.9 Å². The molecule has 106 valence electrons. The first kappa shape index (κ1) is 13.7. The Morgan fingerprint density at radius 1 is 1.30 bits per heavy atom. The van der Waals surface area contributed by atoms with E-state index in [4.69, 9.17) is 16.0 Å².